The highest BCUT2D eigenvalue weighted by Crippen LogP contribution is 2.34. The van der Waals surface area contributed by atoms with Gasteiger partial charge in [-0.25, -0.2) is 0 Å². The van der Waals surface area contributed by atoms with Gasteiger partial charge in [-0.2, -0.15) is 0 Å². The van der Waals surface area contributed by atoms with E-state index in [1.54, 1.807) is 0 Å². The summed E-state index contributed by atoms with van der Waals surface area (Å²) in [6.07, 6.45) is 16.1. The zero-order chi connectivity index (χ0) is 20.1. The van der Waals surface area contributed by atoms with Crippen LogP contribution in [0.4, 0.5) is 0 Å². The average Bonchev–Trinajstić information content (AvgIpc) is 2.60. The van der Waals surface area contributed by atoms with Crippen LogP contribution in [0.25, 0.3) is 0 Å². The zero-order valence-electron chi connectivity index (χ0n) is 17.7. The standard InChI is InChI=1S/C23H37Cl2N/c1-8-12-13-16-21(19(14-9-2)15-10-3)23(26(6)7)18(5)22(25)17-20(24)11-4/h9,11,14-15,17-18H,8,10,12-13,16H2,1-7H3/b14-9-,19-15+,20-11+,22-17+,23-21+. The van der Waals surface area contributed by atoms with Crippen LogP contribution >= 0.6 is 23.2 Å². The monoisotopic (exact) mass is 397 g/mol. The molecule has 1 atom stereocenters. The first-order chi connectivity index (χ1) is 12.3. The van der Waals surface area contributed by atoms with Crippen LogP contribution < -0.4 is 0 Å². The topological polar surface area (TPSA) is 3.24 Å². The van der Waals surface area contributed by atoms with Gasteiger partial charge in [0.25, 0.3) is 0 Å². The first kappa shape index (κ1) is 25.1. The van der Waals surface area contributed by atoms with Crippen LogP contribution in [0.3, 0.4) is 0 Å². The van der Waals surface area contributed by atoms with E-state index in [-0.39, 0.29) is 5.92 Å². The molecule has 0 aliphatic rings. The highest BCUT2D eigenvalue weighted by molar-refractivity contribution is 6.34. The minimum absolute atomic E-state index is 0.0857. The lowest BCUT2D eigenvalue weighted by Gasteiger charge is -2.28. The van der Waals surface area contributed by atoms with Gasteiger partial charge in [-0.3, -0.25) is 0 Å². The first-order valence-corrected chi connectivity index (χ1v) is 10.5. The first-order valence-electron chi connectivity index (χ1n) is 9.76. The minimum Gasteiger partial charge on any atom is -0.380 e. The average molecular weight is 398 g/mol. The fraction of sp³-hybridized carbons (Fsp3) is 0.565. The van der Waals surface area contributed by atoms with Crippen molar-refractivity contribution in [1.82, 2.24) is 4.90 Å². The predicted molar refractivity (Wildman–Crippen MR) is 121 cm³/mol. The van der Waals surface area contributed by atoms with Crippen LogP contribution in [0.5, 0.6) is 0 Å². The predicted octanol–water partition coefficient (Wildman–Crippen LogP) is 8.20. The van der Waals surface area contributed by atoms with E-state index in [4.69, 9.17) is 23.2 Å². The molecule has 1 unspecified atom stereocenters. The lowest BCUT2D eigenvalue weighted by Crippen LogP contribution is -2.21. The molecule has 0 aliphatic heterocycles. The van der Waals surface area contributed by atoms with Gasteiger partial charge in [0.2, 0.25) is 0 Å². The molecule has 26 heavy (non-hydrogen) atoms. The molecule has 0 aromatic heterocycles. The Hall–Kier alpha value is -0.920. The molecule has 1 nitrogen and oxygen atoms in total. The molecule has 0 saturated heterocycles. The van der Waals surface area contributed by atoms with Crippen molar-refractivity contribution in [3.63, 3.8) is 0 Å². The summed E-state index contributed by atoms with van der Waals surface area (Å²) in [6, 6.07) is 0. The molecule has 0 bridgehead atoms. The molecule has 3 heteroatoms. The molecule has 0 N–H and O–H groups in total. The van der Waals surface area contributed by atoms with Gasteiger partial charge >= 0.3 is 0 Å². The Morgan fingerprint density at radius 3 is 2.19 bits per heavy atom. The summed E-state index contributed by atoms with van der Waals surface area (Å²) in [5, 5.41) is 1.44. The van der Waals surface area contributed by atoms with Gasteiger partial charge in [-0.05, 0) is 50.3 Å². The maximum Gasteiger partial charge on any atom is 0.0375 e. The van der Waals surface area contributed by atoms with E-state index in [0.29, 0.717) is 5.03 Å². The fourth-order valence-electron chi connectivity index (χ4n) is 3.05. The highest BCUT2D eigenvalue weighted by Gasteiger charge is 2.20. The molecular weight excluding hydrogens is 361 g/mol. The van der Waals surface area contributed by atoms with E-state index in [0.717, 1.165) is 17.9 Å². The van der Waals surface area contributed by atoms with Crippen molar-refractivity contribution in [1.29, 1.82) is 0 Å². The molecule has 0 radical (unpaired) electrons. The third-order valence-electron chi connectivity index (χ3n) is 4.32. The summed E-state index contributed by atoms with van der Waals surface area (Å²) in [6.45, 7) is 10.6. The second-order valence-electron chi connectivity index (χ2n) is 6.71. The second-order valence-corrected chi connectivity index (χ2v) is 7.58. The van der Waals surface area contributed by atoms with Crippen molar-refractivity contribution in [3.8, 4) is 0 Å². The minimum atomic E-state index is 0.0857. The Kier molecular flexibility index (Phi) is 13.7. The summed E-state index contributed by atoms with van der Waals surface area (Å²) in [4.78, 5) is 2.21. The van der Waals surface area contributed by atoms with Crippen molar-refractivity contribution in [2.75, 3.05) is 14.1 Å². The number of halogens is 2. The number of nitrogens with zero attached hydrogens (tertiary/aromatic N) is 1. The lowest BCUT2D eigenvalue weighted by molar-refractivity contribution is 0.450. The second kappa shape index (κ2) is 14.2. The molecule has 0 fully saturated rings. The van der Waals surface area contributed by atoms with Crippen LogP contribution in [-0.4, -0.2) is 19.0 Å². The number of hydrogen-bond donors (Lipinski definition) is 0. The zero-order valence-corrected chi connectivity index (χ0v) is 19.2. The van der Waals surface area contributed by atoms with Gasteiger partial charge in [0.05, 0.1) is 0 Å². The van der Waals surface area contributed by atoms with Gasteiger partial charge in [0, 0.05) is 35.8 Å². The summed E-state index contributed by atoms with van der Waals surface area (Å²) >= 11 is 12.8. The third kappa shape index (κ3) is 8.64. The Balaban J connectivity index is 6.30. The van der Waals surface area contributed by atoms with Gasteiger partial charge in [0.15, 0.2) is 0 Å². The molecule has 0 rings (SSSR count). The molecule has 0 aliphatic carbocycles. The Bertz CT molecular complexity index is 563. The summed E-state index contributed by atoms with van der Waals surface area (Å²) in [5.74, 6) is 0.0857. The third-order valence-corrected chi connectivity index (χ3v) is 5.08. The molecule has 0 amide bonds. The Morgan fingerprint density at radius 2 is 1.73 bits per heavy atom. The number of allylic oxidation sites excluding steroid dienone is 9. The summed E-state index contributed by atoms with van der Waals surface area (Å²) in [7, 11) is 4.21. The van der Waals surface area contributed by atoms with Crippen LogP contribution in [-0.2, 0) is 0 Å². The molecule has 0 aromatic carbocycles. The SMILES string of the molecule is C\C=C/C(=C\CC)C(/CCCCC)=C(\C(C)/C(Cl)=C\C(Cl)=C/C)N(C)C. The Labute approximate surface area is 172 Å². The van der Waals surface area contributed by atoms with Gasteiger partial charge < -0.3 is 4.90 Å². The fourth-order valence-corrected chi connectivity index (χ4v) is 3.45. The van der Waals surface area contributed by atoms with Crippen LogP contribution in [0, 0.1) is 5.92 Å². The van der Waals surface area contributed by atoms with Crippen LogP contribution in [0.2, 0.25) is 0 Å². The Morgan fingerprint density at radius 1 is 1.08 bits per heavy atom. The van der Waals surface area contributed by atoms with Crippen LogP contribution in [0.15, 0.2) is 57.3 Å². The number of hydrogen-bond acceptors (Lipinski definition) is 1. The smallest absolute Gasteiger partial charge is 0.0375 e. The summed E-state index contributed by atoms with van der Waals surface area (Å²) in [5.41, 5.74) is 3.96. The molecule has 0 saturated carbocycles. The number of unbranched alkanes of at least 4 members (excludes halogenated alkanes) is 2. The van der Waals surface area contributed by atoms with Gasteiger partial charge in [-0.1, -0.05) is 81.1 Å². The quantitative estimate of drug-likeness (QED) is 0.250. The van der Waals surface area contributed by atoms with E-state index in [1.807, 2.05) is 19.1 Å². The lowest BCUT2D eigenvalue weighted by atomic mass is 9.90. The van der Waals surface area contributed by atoms with Gasteiger partial charge in [0.1, 0.15) is 0 Å². The highest BCUT2D eigenvalue weighted by atomic mass is 35.5. The maximum atomic E-state index is 6.65. The molecule has 0 heterocycles. The van der Waals surface area contributed by atoms with E-state index in [1.165, 1.54) is 36.1 Å². The molecule has 148 valence electrons. The van der Waals surface area contributed by atoms with E-state index >= 15 is 0 Å². The normalized spacial score (nSPS) is 16.1. The van der Waals surface area contributed by atoms with Crippen molar-refractivity contribution < 1.29 is 0 Å². The van der Waals surface area contributed by atoms with Crippen LogP contribution in [0.1, 0.15) is 66.7 Å². The van der Waals surface area contributed by atoms with Crippen molar-refractivity contribution in [2.24, 2.45) is 5.92 Å². The van der Waals surface area contributed by atoms with E-state index in [9.17, 15) is 0 Å². The molecular formula is C23H37Cl2N. The van der Waals surface area contributed by atoms with Crippen molar-refractivity contribution in [2.45, 2.75) is 66.7 Å². The molecule has 0 spiro atoms. The number of rotatable bonds is 11. The maximum absolute atomic E-state index is 6.65. The van der Waals surface area contributed by atoms with Crippen molar-refractivity contribution >= 4 is 23.2 Å². The summed E-state index contributed by atoms with van der Waals surface area (Å²) < 4.78 is 0. The van der Waals surface area contributed by atoms with Crippen molar-refractivity contribution in [3.05, 3.63) is 57.3 Å². The van der Waals surface area contributed by atoms with E-state index in [2.05, 4.69) is 64.9 Å². The van der Waals surface area contributed by atoms with Gasteiger partial charge in [-0.15, -0.1) is 0 Å². The van der Waals surface area contributed by atoms with E-state index < -0.39 is 0 Å². The molecule has 0 aromatic rings. The largest absolute Gasteiger partial charge is 0.380 e.